The fraction of sp³-hybridized carbons (Fsp3) is 0.429. The molecule has 1 aliphatic rings. The number of benzene rings is 1. The van der Waals surface area contributed by atoms with Gasteiger partial charge in [-0.15, -0.1) is 11.6 Å². The van der Waals surface area contributed by atoms with E-state index < -0.39 is 6.10 Å². The Balaban J connectivity index is 1.94. The number of halogens is 1. The summed E-state index contributed by atoms with van der Waals surface area (Å²) in [7, 11) is 0. The number of aliphatic hydroxyl groups is 1. The van der Waals surface area contributed by atoms with Gasteiger partial charge in [-0.25, -0.2) is 0 Å². The second kappa shape index (κ2) is 6.20. The van der Waals surface area contributed by atoms with Crippen LogP contribution in [-0.4, -0.2) is 41.6 Å². The third-order valence-corrected chi connectivity index (χ3v) is 3.44. The van der Waals surface area contributed by atoms with Crippen molar-refractivity contribution in [1.82, 2.24) is 4.90 Å². The SMILES string of the molecule is OC(CCl)CN1CC=C(c2ccccc2)CC1. The van der Waals surface area contributed by atoms with E-state index in [1.54, 1.807) is 0 Å². The molecule has 1 atom stereocenters. The van der Waals surface area contributed by atoms with E-state index in [1.807, 2.05) is 6.07 Å². The first-order valence-corrected chi connectivity index (χ1v) is 6.54. The van der Waals surface area contributed by atoms with Crippen LogP contribution in [-0.2, 0) is 0 Å². The molecule has 0 radical (unpaired) electrons. The lowest BCUT2D eigenvalue weighted by molar-refractivity contribution is 0.135. The van der Waals surface area contributed by atoms with Gasteiger partial charge in [0.1, 0.15) is 0 Å². The molecule has 1 aromatic carbocycles. The van der Waals surface area contributed by atoms with Crippen molar-refractivity contribution in [3.63, 3.8) is 0 Å². The summed E-state index contributed by atoms with van der Waals surface area (Å²) in [6.07, 6.45) is 2.88. The summed E-state index contributed by atoms with van der Waals surface area (Å²) >= 11 is 5.60. The fourth-order valence-electron chi connectivity index (χ4n) is 2.14. The normalized spacial score (nSPS) is 18.8. The van der Waals surface area contributed by atoms with Gasteiger partial charge in [0, 0.05) is 25.5 Å². The lowest BCUT2D eigenvalue weighted by Gasteiger charge is -2.27. The standard InChI is InChI=1S/C14H18ClNO/c15-10-14(17)11-16-8-6-13(7-9-16)12-4-2-1-3-5-12/h1-6,14,17H,7-11H2. The molecule has 92 valence electrons. The first-order valence-electron chi connectivity index (χ1n) is 6.00. The number of rotatable bonds is 4. The molecule has 0 saturated heterocycles. The summed E-state index contributed by atoms with van der Waals surface area (Å²) in [5.41, 5.74) is 2.72. The number of alkyl halides is 1. The van der Waals surface area contributed by atoms with Crippen molar-refractivity contribution in [1.29, 1.82) is 0 Å². The topological polar surface area (TPSA) is 23.5 Å². The maximum Gasteiger partial charge on any atom is 0.0802 e. The summed E-state index contributed by atoms with van der Waals surface area (Å²) in [5.74, 6) is 0.311. The summed E-state index contributed by atoms with van der Waals surface area (Å²) < 4.78 is 0. The molecule has 0 aliphatic carbocycles. The number of nitrogens with zero attached hydrogens (tertiary/aromatic N) is 1. The van der Waals surface area contributed by atoms with Gasteiger partial charge in [0.05, 0.1) is 6.10 Å². The van der Waals surface area contributed by atoms with Crippen LogP contribution in [0, 0.1) is 0 Å². The first-order chi connectivity index (χ1) is 8.29. The highest BCUT2D eigenvalue weighted by atomic mass is 35.5. The average Bonchev–Trinajstić information content (AvgIpc) is 2.40. The maximum absolute atomic E-state index is 9.50. The molecule has 3 heteroatoms. The van der Waals surface area contributed by atoms with Crippen LogP contribution >= 0.6 is 11.6 Å². The molecule has 1 aromatic rings. The van der Waals surface area contributed by atoms with Crippen LogP contribution in [0.15, 0.2) is 36.4 Å². The molecule has 1 aliphatic heterocycles. The van der Waals surface area contributed by atoms with Crippen molar-refractivity contribution in [2.45, 2.75) is 12.5 Å². The minimum Gasteiger partial charge on any atom is -0.391 e. The molecule has 2 nitrogen and oxygen atoms in total. The van der Waals surface area contributed by atoms with Gasteiger partial charge in [0.25, 0.3) is 0 Å². The quantitative estimate of drug-likeness (QED) is 0.831. The first kappa shape index (κ1) is 12.6. The summed E-state index contributed by atoms with van der Waals surface area (Å²) in [5, 5.41) is 9.50. The number of aliphatic hydroxyl groups excluding tert-OH is 1. The lowest BCUT2D eigenvalue weighted by Crippen LogP contribution is -2.36. The van der Waals surface area contributed by atoms with E-state index in [9.17, 15) is 5.11 Å². The Morgan fingerprint density at radius 2 is 2.06 bits per heavy atom. The Morgan fingerprint density at radius 3 is 2.65 bits per heavy atom. The van der Waals surface area contributed by atoms with Gasteiger partial charge in [-0.2, -0.15) is 0 Å². The van der Waals surface area contributed by atoms with Crippen molar-refractivity contribution in [3.8, 4) is 0 Å². The zero-order valence-corrected chi connectivity index (χ0v) is 10.6. The van der Waals surface area contributed by atoms with Crippen LogP contribution in [0.5, 0.6) is 0 Å². The van der Waals surface area contributed by atoms with Gasteiger partial charge in [0.2, 0.25) is 0 Å². The fourth-order valence-corrected chi connectivity index (χ4v) is 2.24. The number of hydrogen-bond acceptors (Lipinski definition) is 2. The Kier molecular flexibility index (Phi) is 4.60. The molecule has 0 amide bonds. The van der Waals surface area contributed by atoms with Crippen molar-refractivity contribution in [2.75, 3.05) is 25.5 Å². The van der Waals surface area contributed by atoms with Crippen molar-refractivity contribution in [3.05, 3.63) is 42.0 Å². The second-order valence-corrected chi connectivity index (χ2v) is 4.72. The van der Waals surface area contributed by atoms with Gasteiger partial charge in [-0.05, 0) is 17.6 Å². The number of β-amino-alcohol motifs (C(OH)–C–C–N with tert-alkyl or cyclic N) is 1. The van der Waals surface area contributed by atoms with E-state index >= 15 is 0 Å². The molecular weight excluding hydrogens is 234 g/mol. The Morgan fingerprint density at radius 1 is 1.29 bits per heavy atom. The summed E-state index contributed by atoms with van der Waals surface area (Å²) in [6.45, 7) is 2.56. The molecule has 0 fully saturated rings. The Hall–Kier alpha value is -0.830. The maximum atomic E-state index is 9.50. The van der Waals surface area contributed by atoms with E-state index in [0.29, 0.717) is 12.4 Å². The van der Waals surface area contributed by atoms with Gasteiger partial charge in [-0.1, -0.05) is 36.4 Å². The van der Waals surface area contributed by atoms with E-state index in [4.69, 9.17) is 11.6 Å². The van der Waals surface area contributed by atoms with Crippen molar-refractivity contribution >= 4 is 17.2 Å². The minimum atomic E-state index is -0.414. The van der Waals surface area contributed by atoms with Gasteiger partial charge in [-0.3, -0.25) is 4.90 Å². The highest BCUT2D eigenvalue weighted by molar-refractivity contribution is 6.18. The van der Waals surface area contributed by atoms with E-state index in [2.05, 4.69) is 35.2 Å². The molecule has 1 heterocycles. The van der Waals surface area contributed by atoms with Crippen LogP contribution < -0.4 is 0 Å². The largest absolute Gasteiger partial charge is 0.391 e. The van der Waals surface area contributed by atoms with E-state index in [0.717, 1.165) is 19.5 Å². The van der Waals surface area contributed by atoms with Crippen LogP contribution in [0.25, 0.3) is 5.57 Å². The smallest absolute Gasteiger partial charge is 0.0802 e. The third-order valence-electron chi connectivity index (χ3n) is 3.08. The third kappa shape index (κ3) is 3.56. The molecule has 0 saturated carbocycles. The van der Waals surface area contributed by atoms with E-state index in [1.165, 1.54) is 11.1 Å². The van der Waals surface area contributed by atoms with E-state index in [-0.39, 0.29) is 0 Å². The van der Waals surface area contributed by atoms with Crippen LogP contribution in [0.4, 0.5) is 0 Å². The highest BCUT2D eigenvalue weighted by Gasteiger charge is 2.15. The minimum absolute atomic E-state index is 0.311. The predicted octanol–water partition coefficient (Wildman–Crippen LogP) is 2.38. The van der Waals surface area contributed by atoms with Crippen LogP contribution in [0.2, 0.25) is 0 Å². The number of hydrogen-bond donors (Lipinski definition) is 1. The molecule has 0 bridgehead atoms. The molecule has 1 N–H and O–H groups in total. The molecule has 17 heavy (non-hydrogen) atoms. The highest BCUT2D eigenvalue weighted by Crippen LogP contribution is 2.21. The predicted molar refractivity (Wildman–Crippen MR) is 72.2 cm³/mol. The molecular formula is C14H18ClNO. The summed E-state index contributed by atoms with van der Waals surface area (Å²) in [6, 6.07) is 10.5. The van der Waals surface area contributed by atoms with Gasteiger partial charge in [0.15, 0.2) is 0 Å². The second-order valence-electron chi connectivity index (χ2n) is 4.41. The molecule has 1 unspecified atom stereocenters. The van der Waals surface area contributed by atoms with Crippen LogP contribution in [0.3, 0.4) is 0 Å². The van der Waals surface area contributed by atoms with Gasteiger partial charge < -0.3 is 5.11 Å². The van der Waals surface area contributed by atoms with Crippen LogP contribution in [0.1, 0.15) is 12.0 Å². The lowest BCUT2D eigenvalue weighted by atomic mass is 9.99. The van der Waals surface area contributed by atoms with Gasteiger partial charge >= 0.3 is 0 Å². The molecule has 0 spiro atoms. The zero-order chi connectivity index (χ0) is 12.1. The zero-order valence-electron chi connectivity index (χ0n) is 9.85. The molecule has 0 aromatic heterocycles. The average molecular weight is 252 g/mol. The molecule has 2 rings (SSSR count). The van der Waals surface area contributed by atoms with Crippen molar-refractivity contribution in [2.24, 2.45) is 0 Å². The Labute approximate surface area is 108 Å². The summed E-state index contributed by atoms with van der Waals surface area (Å²) in [4.78, 5) is 2.24. The van der Waals surface area contributed by atoms with Crippen molar-refractivity contribution < 1.29 is 5.11 Å². The monoisotopic (exact) mass is 251 g/mol. The Bertz CT molecular complexity index is 377.